The summed E-state index contributed by atoms with van der Waals surface area (Å²) in [5, 5.41) is 3.63. The van der Waals surface area contributed by atoms with Gasteiger partial charge in [0.1, 0.15) is 0 Å². The molecule has 2 unspecified atom stereocenters. The first kappa shape index (κ1) is 8.52. The summed E-state index contributed by atoms with van der Waals surface area (Å²) in [6.07, 6.45) is 5.60. The Kier molecular flexibility index (Phi) is 2.66. The second-order valence-electron chi connectivity index (χ2n) is 4.19. The average molecular weight is 168 g/mol. The summed E-state index contributed by atoms with van der Waals surface area (Å²) in [6.45, 7) is 6.28. The van der Waals surface area contributed by atoms with Crippen molar-refractivity contribution in [3.63, 3.8) is 0 Å². The number of rotatable bonds is 2. The Balaban J connectivity index is 1.80. The van der Waals surface area contributed by atoms with Crippen molar-refractivity contribution in [1.29, 1.82) is 0 Å². The van der Waals surface area contributed by atoms with E-state index in [-0.39, 0.29) is 0 Å². The Hall–Kier alpha value is -0.0800. The molecular formula is C10H20N2. The monoisotopic (exact) mass is 168 g/mol. The number of nitrogens with one attached hydrogen (secondary N) is 1. The highest BCUT2D eigenvalue weighted by molar-refractivity contribution is 4.86. The first-order valence-corrected chi connectivity index (χ1v) is 5.35. The van der Waals surface area contributed by atoms with Crippen molar-refractivity contribution < 1.29 is 0 Å². The summed E-state index contributed by atoms with van der Waals surface area (Å²) in [5.74, 6) is 0. The van der Waals surface area contributed by atoms with Crippen molar-refractivity contribution in [2.45, 2.75) is 44.7 Å². The van der Waals surface area contributed by atoms with Crippen LogP contribution in [-0.2, 0) is 0 Å². The third kappa shape index (κ3) is 1.64. The normalized spacial score (nSPS) is 34.2. The molecule has 2 fully saturated rings. The SMILES string of the molecule is CC(C1CCCCN1)N1CCC1. The van der Waals surface area contributed by atoms with Crippen LogP contribution in [0.15, 0.2) is 0 Å². The Morgan fingerprint density at radius 1 is 1.25 bits per heavy atom. The quantitative estimate of drug-likeness (QED) is 0.667. The van der Waals surface area contributed by atoms with Gasteiger partial charge >= 0.3 is 0 Å². The van der Waals surface area contributed by atoms with Crippen molar-refractivity contribution in [1.82, 2.24) is 10.2 Å². The molecule has 2 aliphatic heterocycles. The maximum Gasteiger partial charge on any atom is 0.0221 e. The van der Waals surface area contributed by atoms with E-state index in [1.807, 2.05) is 0 Å². The van der Waals surface area contributed by atoms with Gasteiger partial charge in [0.05, 0.1) is 0 Å². The topological polar surface area (TPSA) is 15.3 Å². The lowest BCUT2D eigenvalue weighted by Gasteiger charge is -2.42. The van der Waals surface area contributed by atoms with Crippen LogP contribution < -0.4 is 5.32 Å². The average Bonchev–Trinajstić information content (AvgIpc) is 2.03. The Morgan fingerprint density at radius 2 is 2.08 bits per heavy atom. The van der Waals surface area contributed by atoms with Gasteiger partial charge in [0.2, 0.25) is 0 Å². The molecule has 0 aliphatic carbocycles. The van der Waals surface area contributed by atoms with Gasteiger partial charge < -0.3 is 5.32 Å². The van der Waals surface area contributed by atoms with E-state index in [1.165, 1.54) is 45.3 Å². The van der Waals surface area contributed by atoms with E-state index in [9.17, 15) is 0 Å². The van der Waals surface area contributed by atoms with Gasteiger partial charge in [-0.05, 0) is 45.8 Å². The molecule has 2 heterocycles. The molecule has 2 aliphatic rings. The molecular weight excluding hydrogens is 148 g/mol. The summed E-state index contributed by atoms with van der Waals surface area (Å²) >= 11 is 0. The van der Waals surface area contributed by atoms with E-state index in [0.29, 0.717) is 0 Å². The lowest BCUT2D eigenvalue weighted by Crippen LogP contribution is -2.54. The van der Waals surface area contributed by atoms with Gasteiger partial charge in [-0.15, -0.1) is 0 Å². The van der Waals surface area contributed by atoms with Crippen LogP contribution in [0.5, 0.6) is 0 Å². The summed E-state index contributed by atoms with van der Waals surface area (Å²) in [6, 6.07) is 1.55. The predicted molar refractivity (Wildman–Crippen MR) is 51.3 cm³/mol. The molecule has 0 aromatic rings. The molecule has 0 radical (unpaired) electrons. The molecule has 2 heteroatoms. The van der Waals surface area contributed by atoms with Crippen molar-refractivity contribution >= 4 is 0 Å². The number of nitrogens with zero attached hydrogens (tertiary/aromatic N) is 1. The highest BCUT2D eigenvalue weighted by atomic mass is 15.2. The van der Waals surface area contributed by atoms with Crippen LogP contribution in [0.4, 0.5) is 0 Å². The minimum atomic E-state index is 0.777. The third-order valence-electron chi connectivity index (χ3n) is 3.40. The van der Waals surface area contributed by atoms with E-state index in [0.717, 1.165) is 12.1 Å². The van der Waals surface area contributed by atoms with Crippen LogP contribution in [0, 0.1) is 0 Å². The molecule has 2 saturated heterocycles. The standard InChI is InChI=1S/C10H20N2/c1-9(12-7-4-8-12)10-5-2-3-6-11-10/h9-11H,2-8H2,1H3. The molecule has 0 spiro atoms. The van der Waals surface area contributed by atoms with E-state index < -0.39 is 0 Å². The lowest BCUT2D eigenvalue weighted by atomic mass is 9.96. The summed E-state index contributed by atoms with van der Waals surface area (Å²) in [7, 11) is 0. The Bertz CT molecular complexity index is 137. The van der Waals surface area contributed by atoms with Gasteiger partial charge in [-0.1, -0.05) is 6.42 Å². The number of likely N-dealkylation sites (tertiary alicyclic amines) is 1. The zero-order valence-corrected chi connectivity index (χ0v) is 8.05. The lowest BCUT2D eigenvalue weighted by molar-refractivity contribution is 0.0926. The van der Waals surface area contributed by atoms with E-state index in [2.05, 4.69) is 17.1 Å². The van der Waals surface area contributed by atoms with Gasteiger partial charge in [-0.2, -0.15) is 0 Å². The van der Waals surface area contributed by atoms with Gasteiger partial charge in [0.25, 0.3) is 0 Å². The smallest absolute Gasteiger partial charge is 0.0221 e. The minimum Gasteiger partial charge on any atom is -0.312 e. The molecule has 2 atom stereocenters. The fourth-order valence-corrected chi connectivity index (χ4v) is 2.29. The van der Waals surface area contributed by atoms with Crippen molar-refractivity contribution in [3.8, 4) is 0 Å². The van der Waals surface area contributed by atoms with E-state index in [1.54, 1.807) is 0 Å². The number of hydrogen-bond acceptors (Lipinski definition) is 2. The van der Waals surface area contributed by atoms with Crippen LogP contribution in [0.2, 0.25) is 0 Å². The van der Waals surface area contributed by atoms with Crippen molar-refractivity contribution in [2.75, 3.05) is 19.6 Å². The molecule has 70 valence electrons. The highest BCUT2D eigenvalue weighted by Crippen LogP contribution is 2.18. The zero-order chi connectivity index (χ0) is 8.39. The molecule has 2 rings (SSSR count). The van der Waals surface area contributed by atoms with E-state index >= 15 is 0 Å². The van der Waals surface area contributed by atoms with Gasteiger partial charge in [0.15, 0.2) is 0 Å². The molecule has 0 amide bonds. The Labute approximate surface area is 75.3 Å². The van der Waals surface area contributed by atoms with Crippen LogP contribution in [0.1, 0.15) is 32.6 Å². The summed E-state index contributed by atoms with van der Waals surface area (Å²) < 4.78 is 0. The zero-order valence-electron chi connectivity index (χ0n) is 8.05. The second kappa shape index (κ2) is 3.75. The van der Waals surface area contributed by atoms with Gasteiger partial charge in [-0.3, -0.25) is 4.90 Å². The van der Waals surface area contributed by atoms with Gasteiger partial charge in [-0.25, -0.2) is 0 Å². The number of piperidine rings is 1. The molecule has 0 aromatic carbocycles. The minimum absolute atomic E-state index is 0.777. The largest absolute Gasteiger partial charge is 0.312 e. The maximum atomic E-state index is 3.63. The summed E-state index contributed by atoms with van der Waals surface area (Å²) in [5.41, 5.74) is 0. The fraction of sp³-hybridized carbons (Fsp3) is 1.00. The molecule has 0 aromatic heterocycles. The number of hydrogen-bond donors (Lipinski definition) is 1. The first-order chi connectivity index (χ1) is 5.88. The maximum absolute atomic E-state index is 3.63. The van der Waals surface area contributed by atoms with Crippen LogP contribution in [-0.4, -0.2) is 36.6 Å². The van der Waals surface area contributed by atoms with Crippen molar-refractivity contribution in [3.05, 3.63) is 0 Å². The first-order valence-electron chi connectivity index (χ1n) is 5.35. The van der Waals surface area contributed by atoms with Crippen molar-refractivity contribution in [2.24, 2.45) is 0 Å². The predicted octanol–water partition coefficient (Wildman–Crippen LogP) is 1.22. The van der Waals surface area contributed by atoms with Crippen LogP contribution in [0.25, 0.3) is 0 Å². The Morgan fingerprint density at radius 3 is 2.58 bits per heavy atom. The molecule has 2 nitrogen and oxygen atoms in total. The van der Waals surface area contributed by atoms with Gasteiger partial charge in [0, 0.05) is 12.1 Å². The van der Waals surface area contributed by atoms with E-state index in [4.69, 9.17) is 0 Å². The summed E-state index contributed by atoms with van der Waals surface area (Å²) in [4.78, 5) is 2.60. The molecule has 12 heavy (non-hydrogen) atoms. The molecule has 0 bridgehead atoms. The third-order valence-corrected chi connectivity index (χ3v) is 3.40. The molecule has 0 saturated carbocycles. The second-order valence-corrected chi connectivity index (χ2v) is 4.19. The highest BCUT2D eigenvalue weighted by Gasteiger charge is 2.27. The van der Waals surface area contributed by atoms with Crippen LogP contribution in [0.3, 0.4) is 0 Å². The van der Waals surface area contributed by atoms with Crippen LogP contribution >= 0.6 is 0 Å². The molecule has 1 N–H and O–H groups in total. The fourth-order valence-electron chi connectivity index (χ4n) is 2.29.